The number of alkyl carbamates (subject to hydrolysis) is 1. The number of hydrogen-bond donors (Lipinski definition) is 3. The van der Waals surface area contributed by atoms with Crippen molar-refractivity contribution in [1.82, 2.24) is 30.1 Å². The van der Waals surface area contributed by atoms with Gasteiger partial charge < -0.3 is 49.3 Å². The SMILES string of the molecule is COC(=O)N[C@H](C(=O)N1C[C@@H](OC)C[C@H]1c1ncc(-c2ccc(-c3c(Cl)cc(C(=O)Nc4ccc(N5CCN(C(=O)C(C)(C)C)C[C@H]5C)nc4)cc3OC(F)(F)F)cc2)[nH]1)C1CCOCC1. The maximum atomic E-state index is 14.2. The number of alkyl halides is 3. The van der Waals surface area contributed by atoms with Crippen LogP contribution in [0.4, 0.5) is 29.5 Å². The average molecular weight is 939 g/mol. The molecule has 4 amide bonds. The van der Waals surface area contributed by atoms with E-state index in [2.05, 4.69) is 35.2 Å². The summed E-state index contributed by atoms with van der Waals surface area (Å²) in [7, 11) is 2.80. The summed E-state index contributed by atoms with van der Waals surface area (Å²) >= 11 is 6.66. The summed E-state index contributed by atoms with van der Waals surface area (Å²) in [5.74, 6) is -0.676. The van der Waals surface area contributed by atoms with Crippen LogP contribution in [0.5, 0.6) is 5.75 Å². The molecule has 0 radical (unpaired) electrons. The first-order chi connectivity index (χ1) is 31.3. The predicted octanol–water partition coefficient (Wildman–Crippen LogP) is 7.47. The van der Waals surface area contributed by atoms with Gasteiger partial charge in [-0.05, 0) is 61.1 Å². The molecule has 3 N–H and O–H groups in total. The number of methoxy groups -OCH3 is 2. The van der Waals surface area contributed by atoms with Crippen molar-refractivity contribution in [2.75, 3.05) is 63.8 Å². The van der Waals surface area contributed by atoms with Gasteiger partial charge in [0, 0.05) is 75.5 Å². The molecule has 0 aliphatic carbocycles. The minimum absolute atomic E-state index is 0.0163. The van der Waals surface area contributed by atoms with Crippen molar-refractivity contribution in [2.24, 2.45) is 11.3 Å². The molecule has 2 aromatic heterocycles. The van der Waals surface area contributed by atoms with Gasteiger partial charge in [-0.3, -0.25) is 14.4 Å². The summed E-state index contributed by atoms with van der Waals surface area (Å²) in [6.45, 7) is 10.5. The number of ether oxygens (including phenoxy) is 4. The minimum Gasteiger partial charge on any atom is -0.453 e. The fourth-order valence-electron chi connectivity index (χ4n) is 8.72. The highest BCUT2D eigenvalue weighted by Crippen LogP contribution is 2.42. The number of amides is 4. The average Bonchev–Trinajstić information content (AvgIpc) is 3.96. The highest BCUT2D eigenvalue weighted by molar-refractivity contribution is 6.34. The zero-order valence-corrected chi connectivity index (χ0v) is 38.3. The highest BCUT2D eigenvalue weighted by atomic mass is 35.5. The van der Waals surface area contributed by atoms with Crippen LogP contribution in [0.3, 0.4) is 0 Å². The van der Waals surface area contributed by atoms with Gasteiger partial charge in [-0.2, -0.15) is 0 Å². The van der Waals surface area contributed by atoms with Crippen LogP contribution in [0.1, 0.15) is 69.2 Å². The summed E-state index contributed by atoms with van der Waals surface area (Å²) in [4.78, 5) is 70.8. The summed E-state index contributed by atoms with van der Waals surface area (Å²) in [6, 6.07) is 10.7. The number of carbonyl (C=O) groups is 4. The minimum atomic E-state index is -5.11. The van der Waals surface area contributed by atoms with Crippen LogP contribution < -0.4 is 20.3 Å². The Kier molecular flexibility index (Phi) is 14.5. The summed E-state index contributed by atoms with van der Waals surface area (Å²) in [5.41, 5.74) is 1.01. The van der Waals surface area contributed by atoms with Gasteiger partial charge >= 0.3 is 12.5 Å². The zero-order chi connectivity index (χ0) is 47.5. The Bertz CT molecular complexity index is 2390. The topological polar surface area (TPSA) is 181 Å². The number of piperazine rings is 1. The van der Waals surface area contributed by atoms with Gasteiger partial charge in [0.15, 0.2) is 0 Å². The van der Waals surface area contributed by atoms with Crippen molar-refractivity contribution in [3.63, 3.8) is 0 Å². The lowest BCUT2D eigenvalue weighted by atomic mass is 9.90. The first kappa shape index (κ1) is 48.0. The number of anilines is 2. The number of aromatic nitrogens is 3. The van der Waals surface area contributed by atoms with Crippen molar-refractivity contribution >= 4 is 46.9 Å². The molecule has 66 heavy (non-hydrogen) atoms. The van der Waals surface area contributed by atoms with Crippen molar-refractivity contribution < 1.29 is 51.3 Å². The van der Waals surface area contributed by atoms with Gasteiger partial charge in [-0.25, -0.2) is 14.8 Å². The van der Waals surface area contributed by atoms with E-state index in [1.807, 2.05) is 32.6 Å². The van der Waals surface area contributed by atoms with Crippen molar-refractivity contribution in [3.8, 4) is 28.1 Å². The number of aromatic amines is 1. The second-order valence-corrected chi connectivity index (χ2v) is 18.1. The Morgan fingerprint density at radius 2 is 1.65 bits per heavy atom. The molecule has 354 valence electrons. The largest absolute Gasteiger partial charge is 0.573 e. The van der Waals surface area contributed by atoms with Gasteiger partial charge in [-0.1, -0.05) is 56.6 Å². The first-order valence-electron chi connectivity index (χ1n) is 21.7. The van der Waals surface area contributed by atoms with Crippen LogP contribution in [0.25, 0.3) is 22.4 Å². The van der Waals surface area contributed by atoms with Gasteiger partial charge in [0.05, 0.1) is 48.1 Å². The maximum absolute atomic E-state index is 14.2. The molecule has 7 rings (SSSR count). The molecule has 20 heteroatoms. The number of rotatable bonds is 11. The third-order valence-electron chi connectivity index (χ3n) is 12.1. The van der Waals surface area contributed by atoms with Crippen LogP contribution in [0.15, 0.2) is 60.9 Å². The van der Waals surface area contributed by atoms with E-state index < -0.39 is 41.6 Å². The van der Waals surface area contributed by atoms with E-state index in [4.69, 9.17) is 25.8 Å². The molecule has 3 aliphatic rings. The molecule has 3 aliphatic heterocycles. The molecule has 16 nitrogen and oxygen atoms in total. The molecule has 5 heterocycles. The van der Waals surface area contributed by atoms with Crippen LogP contribution in [-0.2, 0) is 23.8 Å². The van der Waals surface area contributed by atoms with Crippen LogP contribution in [0, 0.1) is 11.3 Å². The second kappa shape index (κ2) is 19.9. The lowest BCUT2D eigenvalue weighted by Crippen LogP contribution is -2.56. The highest BCUT2D eigenvalue weighted by Gasteiger charge is 2.43. The summed E-state index contributed by atoms with van der Waals surface area (Å²) < 4.78 is 62.0. The Hall–Kier alpha value is -5.92. The van der Waals surface area contributed by atoms with Crippen LogP contribution in [-0.4, -0.2) is 127 Å². The van der Waals surface area contributed by atoms with Crippen molar-refractivity contribution in [2.45, 2.75) is 77.5 Å². The Labute approximate surface area is 385 Å². The number of pyridine rings is 1. The third kappa shape index (κ3) is 11.0. The smallest absolute Gasteiger partial charge is 0.453 e. The molecular weight excluding hydrogens is 885 g/mol. The van der Waals surface area contributed by atoms with E-state index in [-0.39, 0.29) is 58.1 Å². The predicted molar refractivity (Wildman–Crippen MR) is 239 cm³/mol. The standard InChI is InChI=1S/C46H54ClF3N8O8/c1-26-24-56(43(61)45(2,3)4)15-16-57(26)37-12-11-31(22-51-37)53-41(59)30-19-33(47)38(36(20-30)66-46(48,49)50)28-9-7-27(8-10-28)34-23-52-40(54-34)35-21-32(63-5)25-58(35)42(60)39(55-44(62)64-6)29-13-17-65-18-14-29/h7-12,19-20,22-23,26,29,32,35,39H,13-18,21,24-25H2,1-6H3,(H,52,54)(H,53,59)(H,55,62)/t26-,32+,35+,39+/m1/s1. The lowest BCUT2D eigenvalue weighted by Gasteiger charge is -2.42. The lowest BCUT2D eigenvalue weighted by molar-refractivity contribution is -0.274. The Balaban J connectivity index is 1.06. The zero-order valence-electron chi connectivity index (χ0n) is 37.5. The first-order valence-corrected chi connectivity index (χ1v) is 22.0. The molecule has 0 spiro atoms. The Morgan fingerprint density at radius 1 is 0.939 bits per heavy atom. The van der Waals surface area contributed by atoms with Crippen LogP contribution in [0.2, 0.25) is 5.02 Å². The third-order valence-corrected chi connectivity index (χ3v) is 12.4. The van der Waals surface area contributed by atoms with Gasteiger partial charge in [-0.15, -0.1) is 13.2 Å². The number of nitrogens with one attached hydrogen (secondary N) is 3. The molecule has 4 atom stereocenters. The van der Waals surface area contributed by atoms with E-state index >= 15 is 0 Å². The van der Waals surface area contributed by atoms with Crippen molar-refractivity contribution in [3.05, 3.63) is 77.3 Å². The maximum Gasteiger partial charge on any atom is 0.573 e. The number of nitrogens with zero attached hydrogens (tertiary/aromatic N) is 5. The quantitative estimate of drug-likeness (QED) is 0.136. The molecule has 4 aromatic rings. The number of halogens is 4. The second-order valence-electron chi connectivity index (χ2n) is 17.7. The molecule has 2 aromatic carbocycles. The molecule has 0 unspecified atom stereocenters. The molecule has 3 fully saturated rings. The number of imidazole rings is 1. The number of benzene rings is 2. The van der Waals surface area contributed by atoms with E-state index in [1.54, 1.807) is 54.6 Å². The van der Waals surface area contributed by atoms with E-state index in [1.165, 1.54) is 19.4 Å². The molecular formula is C46H54ClF3N8O8. The molecule has 0 saturated carbocycles. The van der Waals surface area contributed by atoms with E-state index in [0.29, 0.717) is 80.7 Å². The normalized spacial score (nSPS) is 19.9. The fourth-order valence-corrected chi connectivity index (χ4v) is 9.04. The van der Waals surface area contributed by atoms with E-state index in [9.17, 15) is 32.3 Å². The number of likely N-dealkylation sites (tertiary alicyclic amines) is 1. The number of H-pyrrole nitrogens is 1. The fraction of sp³-hybridized carbons (Fsp3) is 0.478. The van der Waals surface area contributed by atoms with Crippen LogP contribution >= 0.6 is 11.6 Å². The number of carbonyl (C=O) groups excluding carboxylic acids is 4. The summed E-state index contributed by atoms with van der Waals surface area (Å²) in [5, 5.41) is 5.24. The Morgan fingerprint density at radius 3 is 2.27 bits per heavy atom. The van der Waals surface area contributed by atoms with Gasteiger partial charge in [0.1, 0.15) is 23.4 Å². The molecule has 0 bridgehead atoms. The molecule has 3 saturated heterocycles. The van der Waals surface area contributed by atoms with Gasteiger partial charge in [0.2, 0.25) is 11.8 Å². The van der Waals surface area contributed by atoms with Gasteiger partial charge in [0.25, 0.3) is 5.91 Å². The van der Waals surface area contributed by atoms with E-state index in [0.717, 1.165) is 6.07 Å². The van der Waals surface area contributed by atoms with Crippen molar-refractivity contribution in [1.29, 1.82) is 0 Å². The number of hydrogen-bond acceptors (Lipinski definition) is 11. The monoisotopic (exact) mass is 938 g/mol. The summed E-state index contributed by atoms with van der Waals surface area (Å²) in [6.07, 6.45) is -1.48.